The van der Waals surface area contributed by atoms with Crippen molar-refractivity contribution in [3.8, 4) is 5.75 Å². The van der Waals surface area contributed by atoms with E-state index >= 15 is 0 Å². The zero-order chi connectivity index (χ0) is 19.5. The summed E-state index contributed by atoms with van der Waals surface area (Å²) >= 11 is 5.87. The van der Waals surface area contributed by atoms with Gasteiger partial charge in [0, 0.05) is 11.6 Å². The molecule has 0 bridgehead atoms. The minimum absolute atomic E-state index is 0. The van der Waals surface area contributed by atoms with Gasteiger partial charge in [-0.15, -0.1) is 24.0 Å². The summed E-state index contributed by atoms with van der Waals surface area (Å²) in [4.78, 5) is 16.2. The summed E-state index contributed by atoms with van der Waals surface area (Å²) in [5.74, 6) is 1.81. The second-order valence-electron chi connectivity index (χ2n) is 5.81. The van der Waals surface area contributed by atoms with Gasteiger partial charge in [0.25, 0.3) is 0 Å². The van der Waals surface area contributed by atoms with Crippen LogP contribution in [0.25, 0.3) is 0 Å². The Morgan fingerprint density at radius 2 is 1.96 bits per heavy atom. The summed E-state index contributed by atoms with van der Waals surface area (Å²) in [5.41, 5.74) is 0. The number of rotatable bonds is 9. The van der Waals surface area contributed by atoms with E-state index in [0.717, 1.165) is 5.75 Å². The molecule has 0 aliphatic carbocycles. The van der Waals surface area contributed by atoms with Crippen molar-refractivity contribution in [3.05, 3.63) is 53.4 Å². The van der Waals surface area contributed by atoms with Crippen molar-refractivity contribution in [2.75, 3.05) is 19.6 Å². The zero-order valence-corrected chi connectivity index (χ0v) is 19.0. The maximum Gasteiger partial charge on any atom is 0.242 e. The van der Waals surface area contributed by atoms with E-state index in [2.05, 4.69) is 20.9 Å². The quantitative estimate of drug-likeness (QED) is 0.269. The van der Waals surface area contributed by atoms with Crippen LogP contribution in [-0.4, -0.2) is 37.6 Å². The van der Waals surface area contributed by atoms with Crippen molar-refractivity contribution in [3.63, 3.8) is 0 Å². The Balaban J connectivity index is 0.00000392. The van der Waals surface area contributed by atoms with E-state index in [1.807, 2.05) is 26.0 Å². The Bertz CT molecular complexity index is 723. The molecule has 1 amide bonds. The number of ether oxygens (including phenoxy) is 1. The van der Waals surface area contributed by atoms with Crippen LogP contribution >= 0.6 is 35.6 Å². The van der Waals surface area contributed by atoms with Gasteiger partial charge in [-0.2, -0.15) is 0 Å². The summed E-state index contributed by atoms with van der Waals surface area (Å²) in [6, 6.07) is 10.8. The van der Waals surface area contributed by atoms with E-state index in [9.17, 15) is 4.79 Å². The van der Waals surface area contributed by atoms with Gasteiger partial charge in [0.2, 0.25) is 5.91 Å². The summed E-state index contributed by atoms with van der Waals surface area (Å²) in [6.45, 7) is 5.48. The fraction of sp³-hybridized carbons (Fsp3) is 0.368. The number of guanidine groups is 1. The van der Waals surface area contributed by atoms with Crippen LogP contribution in [-0.2, 0) is 11.3 Å². The number of benzene rings is 1. The number of carbonyl (C=O) groups excluding carboxylic acids is 1. The fourth-order valence-electron chi connectivity index (χ4n) is 2.17. The highest BCUT2D eigenvalue weighted by molar-refractivity contribution is 14.0. The van der Waals surface area contributed by atoms with Gasteiger partial charge in [-0.25, -0.2) is 4.99 Å². The van der Waals surface area contributed by atoms with Gasteiger partial charge in [0.1, 0.15) is 24.2 Å². The third kappa shape index (κ3) is 9.32. The van der Waals surface area contributed by atoms with Crippen LogP contribution in [0, 0.1) is 0 Å². The molecule has 0 aliphatic heterocycles. The average Bonchev–Trinajstić information content (AvgIpc) is 3.18. The molecule has 3 N–H and O–H groups in total. The number of hydrogen-bond acceptors (Lipinski definition) is 4. The van der Waals surface area contributed by atoms with Crippen molar-refractivity contribution in [2.45, 2.75) is 26.5 Å². The largest absolute Gasteiger partial charge is 0.489 e. The number of nitrogens with one attached hydrogen (secondary N) is 3. The SMILES string of the molecule is CCNC(=NCC(=O)NCc1ccco1)NCC(C)Oc1ccc(Cl)cc1.I. The lowest BCUT2D eigenvalue weighted by Crippen LogP contribution is -2.42. The van der Waals surface area contributed by atoms with E-state index in [1.165, 1.54) is 0 Å². The molecule has 0 saturated carbocycles. The van der Waals surface area contributed by atoms with Gasteiger partial charge in [-0.3, -0.25) is 4.79 Å². The molecule has 9 heteroatoms. The van der Waals surface area contributed by atoms with Crippen LogP contribution in [0.3, 0.4) is 0 Å². The predicted octanol–water partition coefficient (Wildman–Crippen LogP) is 3.19. The number of hydrogen-bond donors (Lipinski definition) is 3. The highest BCUT2D eigenvalue weighted by atomic mass is 127. The number of amides is 1. The Kier molecular flexibility index (Phi) is 11.4. The maximum absolute atomic E-state index is 11.9. The summed E-state index contributed by atoms with van der Waals surface area (Å²) in [6.07, 6.45) is 1.47. The number of furan rings is 1. The van der Waals surface area contributed by atoms with Gasteiger partial charge in [-0.1, -0.05) is 11.6 Å². The van der Waals surface area contributed by atoms with Gasteiger partial charge < -0.3 is 25.1 Å². The van der Waals surface area contributed by atoms with Crippen LogP contribution in [0.1, 0.15) is 19.6 Å². The Morgan fingerprint density at radius 1 is 1.21 bits per heavy atom. The lowest BCUT2D eigenvalue weighted by atomic mass is 10.3. The molecule has 1 aromatic heterocycles. The van der Waals surface area contributed by atoms with Crippen molar-refractivity contribution in [1.82, 2.24) is 16.0 Å². The molecule has 2 aromatic rings. The molecular weight excluding hydrogens is 495 g/mol. The van der Waals surface area contributed by atoms with E-state index < -0.39 is 0 Å². The first-order chi connectivity index (χ1) is 13.1. The normalized spacial score (nSPS) is 11.9. The Labute approximate surface area is 187 Å². The van der Waals surface area contributed by atoms with Crippen LogP contribution in [0.15, 0.2) is 52.1 Å². The molecule has 0 radical (unpaired) electrons. The summed E-state index contributed by atoms with van der Waals surface area (Å²) in [5, 5.41) is 9.69. The highest BCUT2D eigenvalue weighted by Crippen LogP contribution is 2.16. The van der Waals surface area contributed by atoms with Crippen LogP contribution in [0.2, 0.25) is 5.02 Å². The zero-order valence-electron chi connectivity index (χ0n) is 15.9. The van der Waals surface area contributed by atoms with Gasteiger partial charge in [0.15, 0.2) is 5.96 Å². The third-order valence-electron chi connectivity index (χ3n) is 3.47. The average molecular weight is 521 g/mol. The minimum Gasteiger partial charge on any atom is -0.489 e. The van der Waals surface area contributed by atoms with E-state index in [0.29, 0.717) is 36.4 Å². The first-order valence-electron chi connectivity index (χ1n) is 8.80. The highest BCUT2D eigenvalue weighted by Gasteiger charge is 2.07. The molecule has 0 aliphatic rings. The molecule has 0 saturated heterocycles. The molecule has 1 heterocycles. The molecule has 1 unspecified atom stereocenters. The standard InChI is InChI=1S/C19H25ClN4O3.HI/c1-3-21-19(24-13-18(25)22-12-17-5-4-10-26-17)23-11-14(2)27-16-8-6-15(20)7-9-16;/h4-10,14H,3,11-13H2,1-2H3,(H,22,25)(H2,21,23,24);1H. The third-order valence-corrected chi connectivity index (χ3v) is 3.72. The van der Waals surface area contributed by atoms with E-state index in [1.54, 1.807) is 30.5 Å². The lowest BCUT2D eigenvalue weighted by Gasteiger charge is -2.17. The van der Waals surface area contributed by atoms with Crippen molar-refractivity contribution < 1.29 is 13.9 Å². The smallest absolute Gasteiger partial charge is 0.242 e. The van der Waals surface area contributed by atoms with Crippen LogP contribution < -0.4 is 20.7 Å². The molecule has 28 heavy (non-hydrogen) atoms. The predicted molar refractivity (Wildman–Crippen MR) is 121 cm³/mol. The van der Waals surface area contributed by atoms with Gasteiger partial charge in [-0.05, 0) is 50.2 Å². The van der Waals surface area contributed by atoms with Crippen molar-refractivity contribution >= 4 is 47.4 Å². The van der Waals surface area contributed by atoms with E-state index in [4.69, 9.17) is 20.8 Å². The van der Waals surface area contributed by atoms with Crippen molar-refractivity contribution in [2.24, 2.45) is 4.99 Å². The molecule has 2 rings (SSSR count). The van der Waals surface area contributed by atoms with Gasteiger partial charge >= 0.3 is 0 Å². The minimum atomic E-state index is -0.186. The molecule has 1 atom stereocenters. The topological polar surface area (TPSA) is 87.9 Å². The Hall–Kier alpha value is -1.94. The van der Waals surface area contributed by atoms with Crippen molar-refractivity contribution in [1.29, 1.82) is 0 Å². The maximum atomic E-state index is 11.9. The Morgan fingerprint density at radius 3 is 2.61 bits per heavy atom. The van der Waals surface area contributed by atoms with Crippen LogP contribution in [0.5, 0.6) is 5.75 Å². The molecular formula is C19H26ClIN4O3. The molecule has 154 valence electrons. The number of nitrogens with zero attached hydrogens (tertiary/aromatic N) is 1. The molecule has 1 aromatic carbocycles. The first kappa shape index (κ1) is 24.1. The first-order valence-corrected chi connectivity index (χ1v) is 9.18. The molecule has 7 nitrogen and oxygen atoms in total. The molecule has 0 spiro atoms. The summed E-state index contributed by atoms with van der Waals surface area (Å²) < 4.78 is 11.0. The number of aliphatic imine (C=N–C) groups is 1. The van der Waals surface area contributed by atoms with Crippen LogP contribution in [0.4, 0.5) is 0 Å². The second kappa shape index (κ2) is 13.3. The lowest BCUT2D eigenvalue weighted by molar-refractivity contribution is -0.119. The number of halogens is 2. The van der Waals surface area contributed by atoms with E-state index in [-0.39, 0.29) is 42.5 Å². The second-order valence-corrected chi connectivity index (χ2v) is 6.25. The fourth-order valence-corrected chi connectivity index (χ4v) is 2.30. The monoisotopic (exact) mass is 520 g/mol. The number of carbonyl (C=O) groups is 1. The molecule has 0 fully saturated rings. The van der Waals surface area contributed by atoms with Gasteiger partial charge in [0.05, 0.1) is 19.4 Å². The summed E-state index contributed by atoms with van der Waals surface area (Å²) in [7, 11) is 0.